The minimum atomic E-state index is 0.372. The standard InChI is InChI=1S/C14H18ClNOS/c15-13-8-10(14(16)18)6-7-11(13)9-17-12-4-2-1-3-5-12/h6-8,12H,1-5,9H2,(H2,16,18). The van der Waals surface area contributed by atoms with Crippen molar-refractivity contribution in [3.8, 4) is 0 Å². The molecule has 1 aromatic carbocycles. The van der Waals surface area contributed by atoms with Gasteiger partial charge < -0.3 is 10.5 Å². The third-order valence-corrected chi connectivity index (χ3v) is 3.95. The van der Waals surface area contributed by atoms with Crippen LogP contribution in [0.4, 0.5) is 0 Å². The normalized spacial score (nSPS) is 16.7. The lowest BCUT2D eigenvalue weighted by molar-refractivity contribution is 0.0169. The molecule has 98 valence electrons. The summed E-state index contributed by atoms with van der Waals surface area (Å²) >= 11 is 11.1. The van der Waals surface area contributed by atoms with Gasteiger partial charge in [-0.1, -0.05) is 55.2 Å². The van der Waals surface area contributed by atoms with E-state index in [1.54, 1.807) is 0 Å². The molecule has 4 heteroatoms. The summed E-state index contributed by atoms with van der Waals surface area (Å²) < 4.78 is 5.90. The maximum atomic E-state index is 6.20. The molecule has 1 aliphatic carbocycles. The Hall–Kier alpha value is -0.640. The van der Waals surface area contributed by atoms with Crippen LogP contribution in [-0.4, -0.2) is 11.1 Å². The van der Waals surface area contributed by atoms with Gasteiger partial charge in [-0.3, -0.25) is 0 Å². The topological polar surface area (TPSA) is 35.2 Å². The number of hydrogen-bond acceptors (Lipinski definition) is 2. The van der Waals surface area contributed by atoms with E-state index in [-0.39, 0.29) is 0 Å². The van der Waals surface area contributed by atoms with E-state index in [1.807, 2.05) is 18.2 Å². The highest BCUT2D eigenvalue weighted by molar-refractivity contribution is 7.80. The van der Waals surface area contributed by atoms with Crippen LogP contribution in [-0.2, 0) is 11.3 Å². The predicted molar refractivity (Wildman–Crippen MR) is 79.0 cm³/mol. The largest absolute Gasteiger partial charge is 0.389 e. The number of rotatable bonds is 4. The second-order valence-electron chi connectivity index (χ2n) is 4.74. The Kier molecular flexibility index (Phi) is 4.98. The Balaban J connectivity index is 1.94. The number of thiocarbonyl (C=S) groups is 1. The maximum absolute atomic E-state index is 6.20. The number of ether oxygens (including phenoxy) is 1. The summed E-state index contributed by atoms with van der Waals surface area (Å²) in [7, 11) is 0. The van der Waals surface area contributed by atoms with Crippen molar-refractivity contribution in [2.24, 2.45) is 5.73 Å². The van der Waals surface area contributed by atoms with E-state index in [4.69, 9.17) is 34.3 Å². The number of hydrogen-bond donors (Lipinski definition) is 1. The Labute approximate surface area is 118 Å². The molecule has 1 aromatic rings. The third-order valence-electron chi connectivity index (χ3n) is 3.36. The average Bonchev–Trinajstić information content (AvgIpc) is 2.38. The van der Waals surface area contributed by atoms with Crippen LogP contribution < -0.4 is 5.73 Å². The van der Waals surface area contributed by atoms with Crippen LogP contribution in [0.25, 0.3) is 0 Å². The van der Waals surface area contributed by atoms with Gasteiger partial charge in [-0.25, -0.2) is 0 Å². The van der Waals surface area contributed by atoms with Crippen molar-refractivity contribution in [2.75, 3.05) is 0 Å². The van der Waals surface area contributed by atoms with Crippen molar-refractivity contribution < 1.29 is 4.74 Å². The predicted octanol–water partition coefficient (Wildman–Crippen LogP) is 3.82. The quantitative estimate of drug-likeness (QED) is 0.853. The first-order valence-corrected chi connectivity index (χ1v) is 7.15. The van der Waals surface area contributed by atoms with Gasteiger partial charge in [0.05, 0.1) is 12.7 Å². The van der Waals surface area contributed by atoms with Crippen LogP contribution in [0.3, 0.4) is 0 Å². The summed E-state index contributed by atoms with van der Waals surface area (Å²) in [4.78, 5) is 0.372. The van der Waals surface area contributed by atoms with E-state index in [2.05, 4.69) is 0 Å². The summed E-state index contributed by atoms with van der Waals surface area (Å²) in [6, 6.07) is 5.65. The van der Waals surface area contributed by atoms with Gasteiger partial charge in [-0.15, -0.1) is 0 Å². The first kappa shape index (κ1) is 13.8. The van der Waals surface area contributed by atoms with Gasteiger partial charge in [0.15, 0.2) is 0 Å². The Bertz CT molecular complexity index is 430. The molecule has 0 spiro atoms. The zero-order chi connectivity index (χ0) is 13.0. The summed E-state index contributed by atoms with van der Waals surface area (Å²) in [5.74, 6) is 0. The molecule has 1 aliphatic rings. The second-order valence-corrected chi connectivity index (χ2v) is 5.59. The number of nitrogens with two attached hydrogens (primary N) is 1. The molecule has 18 heavy (non-hydrogen) atoms. The molecule has 0 aliphatic heterocycles. The van der Waals surface area contributed by atoms with E-state index in [0.717, 1.165) is 11.1 Å². The van der Waals surface area contributed by atoms with Crippen LogP contribution in [0, 0.1) is 0 Å². The molecular formula is C14H18ClNOS. The first-order valence-electron chi connectivity index (χ1n) is 6.36. The highest BCUT2D eigenvalue weighted by Gasteiger charge is 2.14. The Morgan fingerprint density at radius 3 is 2.67 bits per heavy atom. The lowest BCUT2D eigenvalue weighted by Crippen LogP contribution is -2.16. The molecule has 0 bridgehead atoms. The molecular weight excluding hydrogens is 266 g/mol. The smallest absolute Gasteiger partial charge is 0.104 e. The average molecular weight is 284 g/mol. The Morgan fingerprint density at radius 1 is 1.33 bits per heavy atom. The first-order chi connectivity index (χ1) is 8.66. The zero-order valence-electron chi connectivity index (χ0n) is 10.3. The second kappa shape index (κ2) is 6.50. The van der Waals surface area contributed by atoms with Crippen molar-refractivity contribution >= 4 is 28.8 Å². The van der Waals surface area contributed by atoms with Gasteiger partial charge >= 0.3 is 0 Å². The number of halogens is 1. The molecule has 2 rings (SSSR count). The van der Waals surface area contributed by atoms with Crippen LogP contribution in [0.2, 0.25) is 5.02 Å². The molecule has 2 nitrogen and oxygen atoms in total. The van der Waals surface area contributed by atoms with Gasteiger partial charge in [-0.05, 0) is 24.5 Å². The van der Waals surface area contributed by atoms with Gasteiger partial charge in [0.25, 0.3) is 0 Å². The molecule has 0 atom stereocenters. The SMILES string of the molecule is NC(=S)c1ccc(COC2CCCCC2)c(Cl)c1. The van der Waals surface area contributed by atoms with Crippen molar-refractivity contribution in [3.63, 3.8) is 0 Å². The lowest BCUT2D eigenvalue weighted by atomic mass is 9.98. The van der Waals surface area contributed by atoms with E-state index < -0.39 is 0 Å². The van der Waals surface area contributed by atoms with E-state index in [1.165, 1.54) is 32.1 Å². The lowest BCUT2D eigenvalue weighted by Gasteiger charge is -2.22. The molecule has 0 amide bonds. The maximum Gasteiger partial charge on any atom is 0.104 e. The van der Waals surface area contributed by atoms with Gasteiger partial charge in [-0.2, -0.15) is 0 Å². The highest BCUT2D eigenvalue weighted by Crippen LogP contribution is 2.24. The molecule has 0 heterocycles. The minimum Gasteiger partial charge on any atom is -0.389 e. The fourth-order valence-electron chi connectivity index (χ4n) is 2.26. The molecule has 0 saturated heterocycles. The molecule has 0 radical (unpaired) electrons. The molecule has 0 unspecified atom stereocenters. The summed E-state index contributed by atoms with van der Waals surface area (Å²) in [5, 5.41) is 0.677. The van der Waals surface area contributed by atoms with Gasteiger partial charge in [0.2, 0.25) is 0 Å². The molecule has 2 N–H and O–H groups in total. The van der Waals surface area contributed by atoms with Crippen molar-refractivity contribution in [3.05, 3.63) is 34.3 Å². The van der Waals surface area contributed by atoms with Crippen LogP contribution in [0.5, 0.6) is 0 Å². The van der Waals surface area contributed by atoms with E-state index >= 15 is 0 Å². The monoisotopic (exact) mass is 283 g/mol. The summed E-state index contributed by atoms with van der Waals surface area (Å²) in [5.41, 5.74) is 7.37. The van der Waals surface area contributed by atoms with Crippen LogP contribution in [0.1, 0.15) is 43.2 Å². The minimum absolute atomic E-state index is 0.372. The van der Waals surface area contributed by atoms with Crippen LogP contribution in [0.15, 0.2) is 18.2 Å². The zero-order valence-corrected chi connectivity index (χ0v) is 11.9. The van der Waals surface area contributed by atoms with Gasteiger partial charge in [0, 0.05) is 10.6 Å². The number of benzene rings is 1. The van der Waals surface area contributed by atoms with E-state index in [0.29, 0.717) is 22.7 Å². The summed E-state index contributed by atoms with van der Waals surface area (Å²) in [6.07, 6.45) is 6.62. The Morgan fingerprint density at radius 2 is 2.06 bits per heavy atom. The van der Waals surface area contributed by atoms with Crippen LogP contribution >= 0.6 is 23.8 Å². The fourth-order valence-corrected chi connectivity index (χ4v) is 2.62. The molecule has 0 aromatic heterocycles. The third kappa shape index (κ3) is 3.67. The van der Waals surface area contributed by atoms with Crippen molar-refractivity contribution in [2.45, 2.75) is 44.8 Å². The van der Waals surface area contributed by atoms with Crippen molar-refractivity contribution in [1.82, 2.24) is 0 Å². The molecule has 1 saturated carbocycles. The highest BCUT2D eigenvalue weighted by atomic mass is 35.5. The van der Waals surface area contributed by atoms with E-state index in [9.17, 15) is 0 Å². The fraction of sp³-hybridized carbons (Fsp3) is 0.500. The van der Waals surface area contributed by atoms with Crippen molar-refractivity contribution in [1.29, 1.82) is 0 Å². The summed E-state index contributed by atoms with van der Waals surface area (Å²) in [6.45, 7) is 0.571. The molecule has 1 fully saturated rings. The van der Waals surface area contributed by atoms with Gasteiger partial charge in [0.1, 0.15) is 4.99 Å².